The number of aromatic nitrogens is 2. The molecule has 0 aliphatic rings. The fraction of sp³-hybridized carbons (Fsp3) is 0.727. The molecule has 0 saturated carbocycles. The van der Waals surface area contributed by atoms with Crippen LogP contribution in [0.1, 0.15) is 19.0 Å². The summed E-state index contributed by atoms with van der Waals surface area (Å²) in [6.45, 7) is 5.92. The average molecular weight is 211 g/mol. The average Bonchev–Trinajstić information content (AvgIpc) is 2.66. The Balaban J connectivity index is 2.21. The number of rotatable bonds is 8. The smallest absolute Gasteiger partial charge is 0.0948 e. The predicted octanol–water partition coefficient (Wildman–Crippen LogP) is 1.07. The zero-order valence-electron chi connectivity index (χ0n) is 9.70. The molecule has 0 saturated heterocycles. The van der Waals surface area contributed by atoms with Crippen LogP contribution in [0.5, 0.6) is 0 Å². The molecule has 1 rings (SSSR count). The summed E-state index contributed by atoms with van der Waals surface area (Å²) in [4.78, 5) is 4.17. The van der Waals surface area contributed by atoms with Crippen molar-refractivity contribution < 1.29 is 4.74 Å². The summed E-state index contributed by atoms with van der Waals surface area (Å²) in [5.41, 5.74) is 1.31. The van der Waals surface area contributed by atoms with Gasteiger partial charge in [-0.1, -0.05) is 6.92 Å². The van der Waals surface area contributed by atoms with E-state index in [9.17, 15) is 0 Å². The summed E-state index contributed by atoms with van der Waals surface area (Å²) in [6.07, 6.45) is 6.05. The Morgan fingerprint density at radius 1 is 1.47 bits per heavy atom. The van der Waals surface area contributed by atoms with Gasteiger partial charge in [0.2, 0.25) is 0 Å². The minimum absolute atomic E-state index is 0.772. The van der Waals surface area contributed by atoms with Gasteiger partial charge in [-0.3, -0.25) is 0 Å². The second-order valence-electron chi connectivity index (χ2n) is 3.57. The van der Waals surface area contributed by atoms with E-state index in [2.05, 4.69) is 21.8 Å². The SMILES string of the molecule is CCCn1cncc1CCNCCOC. The van der Waals surface area contributed by atoms with E-state index in [4.69, 9.17) is 4.74 Å². The van der Waals surface area contributed by atoms with Crippen molar-refractivity contribution in [2.75, 3.05) is 26.8 Å². The maximum absolute atomic E-state index is 4.96. The molecule has 86 valence electrons. The summed E-state index contributed by atoms with van der Waals surface area (Å²) < 4.78 is 7.18. The first kappa shape index (κ1) is 12.2. The van der Waals surface area contributed by atoms with Crippen LogP contribution in [0.3, 0.4) is 0 Å². The highest BCUT2D eigenvalue weighted by atomic mass is 16.5. The van der Waals surface area contributed by atoms with Gasteiger partial charge in [0.05, 0.1) is 12.9 Å². The van der Waals surface area contributed by atoms with E-state index in [1.54, 1.807) is 7.11 Å². The van der Waals surface area contributed by atoms with Crippen molar-refractivity contribution in [1.29, 1.82) is 0 Å². The van der Waals surface area contributed by atoms with Crippen LogP contribution in [0.2, 0.25) is 0 Å². The first-order chi connectivity index (χ1) is 7.38. The van der Waals surface area contributed by atoms with Crippen molar-refractivity contribution in [3.8, 4) is 0 Å². The Morgan fingerprint density at radius 2 is 2.33 bits per heavy atom. The van der Waals surface area contributed by atoms with E-state index in [-0.39, 0.29) is 0 Å². The Hall–Kier alpha value is -0.870. The van der Waals surface area contributed by atoms with Crippen molar-refractivity contribution in [1.82, 2.24) is 14.9 Å². The Bertz CT molecular complexity index is 260. The third-order valence-electron chi connectivity index (χ3n) is 2.30. The highest BCUT2D eigenvalue weighted by molar-refractivity contribution is 4.98. The lowest BCUT2D eigenvalue weighted by atomic mass is 10.3. The van der Waals surface area contributed by atoms with E-state index in [1.807, 2.05) is 12.5 Å². The molecule has 0 bridgehead atoms. The Morgan fingerprint density at radius 3 is 3.07 bits per heavy atom. The molecule has 4 heteroatoms. The number of methoxy groups -OCH3 is 1. The van der Waals surface area contributed by atoms with Gasteiger partial charge in [0, 0.05) is 45.1 Å². The van der Waals surface area contributed by atoms with Crippen LogP contribution in [0.4, 0.5) is 0 Å². The lowest BCUT2D eigenvalue weighted by Gasteiger charge is -2.07. The van der Waals surface area contributed by atoms with E-state index in [0.29, 0.717) is 0 Å². The number of hydrogen-bond donors (Lipinski definition) is 1. The molecule has 0 aliphatic carbocycles. The van der Waals surface area contributed by atoms with Gasteiger partial charge in [-0.15, -0.1) is 0 Å². The van der Waals surface area contributed by atoms with Gasteiger partial charge in [0.25, 0.3) is 0 Å². The molecule has 1 N–H and O–H groups in total. The Kier molecular flexibility index (Phi) is 6.04. The predicted molar refractivity (Wildman–Crippen MR) is 61.0 cm³/mol. The maximum atomic E-state index is 4.96. The summed E-state index contributed by atoms with van der Waals surface area (Å²) in [5, 5.41) is 3.33. The monoisotopic (exact) mass is 211 g/mol. The number of nitrogens with zero attached hydrogens (tertiary/aromatic N) is 2. The van der Waals surface area contributed by atoms with Crippen LogP contribution in [0.15, 0.2) is 12.5 Å². The van der Waals surface area contributed by atoms with Crippen LogP contribution in [0, 0.1) is 0 Å². The molecule has 1 heterocycles. The molecule has 1 aromatic rings. The van der Waals surface area contributed by atoms with Crippen LogP contribution in [-0.2, 0) is 17.7 Å². The number of ether oxygens (including phenoxy) is 1. The van der Waals surface area contributed by atoms with Gasteiger partial charge in [-0.2, -0.15) is 0 Å². The van der Waals surface area contributed by atoms with Crippen molar-refractivity contribution in [3.05, 3.63) is 18.2 Å². The zero-order valence-corrected chi connectivity index (χ0v) is 9.70. The quantitative estimate of drug-likeness (QED) is 0.654. The molecule has 4 nitrogen and oxygen atoms in total. The van der Waals surface area contributed by atoms with Crippen molar-refractivity contribution in [3.63, 3.8) is 0 Å². The third-order valence-corrected chi connectivity index (χ3v) is 2.30. The molecule has 0 unspecified atom stereocenters. The minimum Gasteiger partial charge on any atom is -0.383 e. The lowest BCUT2D eigenvalue weighted by molar-refractivity contribution is 0.199. The number of hydrogen-bond acceptors (Lipinski definition) is 3. The molecule has 0 radical (unpaired) electrons. The number of aryl methyl sites for hydroxylation is 1. The number of imidazole rings is 1. The van der Waals surface area contributed by atoms with Gasteiger partial charge in [-0.05, 0) is 6.42 Å². The third kappa shape index (κ3) is 4.44. The molecule has 0 aromatic carbocycles. The van der Waals surface area contributed by atoms with Crippen LogP contribution in [0.25, 0.3) is 0 Å². The molecule has 0 atom stereocenters. The van der Waals surface area contributed by atoms with Crippen LogP contribution in [-0.4, -0.2) is 36.4 Å². The first-order valence-electron chi connectivity index (χ1n) is 5.57. The van der Waals surface area contributed by atoms with Crippen molar-refractivity contribution in [2.24, 2.45) is 0 Å². The molecule has 15 heavy (non-hydrogen) atoms. The molecule has 0 aliphatic heterocycles. The largest absolute Gasteiger partial charge is 0.383 e. The highest BCUT2D eigenvalue weighted by Crippen LogP contribution is 2.00. The molecular formula is C11H21N3O. The summed E-state index contributed by atoms with van der Waals surface area (Å²) >= 11 is 0. The van der Waals surface area contributed by atoms with Crippen LogP contribution < -0.4 is 5.32 Å². The minimum atomic E-state index is 0.772. The van der Waals surface area contributed by atoms with Gasteiger partial charge in [0.15, 0.2) is 0 Å². The fourth-order valence-corrected chi connectivity index (χ4v) is 1.51. The van der Waals surface area contributed by atoms with Crippen molar-refractivity contribution in [2.45, 2.75) is 26.3 Å². The second kappa shape index (κ2) is 7.43. The summed E-state index contributed by atoms with van der Waals surface area (Å²) in [7, 11) is 1.72. The second-order valence-corrected chi connectivity index (χ2v) is 3.57. The standard InChI is InChI=1S/C11H21N3O/c1-3-7-14-10-13-9-11(14)4-5-12-6-8-15-2/h9-10,12H,3-8H2,1-2H3. The van der Waals surface area contributed by atoms with E-state index in [1.165, 1.54) is 5.69 Å². The van der Waals surface area contributed by atoms with E-state index in [0.717, 1.165) is 39.1 Å². The first-order valence-corrected chi connectivity index (χ1v) is 5.57. The van der Waals surface area contributed by atoms with Gasteiger partial charge >= 0.3 is 0 Å². The van der Waals surface area contributed by atoms with Gasteiger partial charge < -0.3 is 14.6 Å². The molecule has 0 fully saturated rings. The topological polar surface area (TPSA) is 39.1 Å². The highest BCUT2D eigenvalue weighted by Gasteiger charge is 2.00. The zero-order chi connectivity index (χ0) is 10.9. The van der Waals surface area contributed by atoms with E-state index >= 15 is 0 Å². The van der Waals surface area contributed by atoms with Crippen molar-refractivity contribution >= 4 is 0 Å². The lowest BCUT2D eigenvalue weighted by Crippen LogP contribution is -2.22. The normalized spacial score (nSPS) is 10.8. The van der Waals surface area contributed by atoms with E-state index < -0.39 is 0 Å². The van der Waals surface area contributed by atoms with Crippen LogP contribution >= 0.6 is 0 Å². The summed E-state index contributed by atoms with van der Waals surface area (Å²) in [6, 6.07) is 0. The molecule has 1 aromatic heterocycles. The van der Waals surface area contributed by atoms with Gasteiger partial charge in [0.1, 0.15) is 0 Å². The Labute approximate surface area is 91.7 Å². The van der Waals surface area contributed by atoms with Gasteiger partial charge in [-0.25, -0.2) is 4.98 Å². The molecule has 0 spiro atoms. The molecule has 0 amide bonds. The maximum Gasteiger partial charge on any atom is 0.0948 e. The summed E-state index contributed by atoms with van der Waals surface area (Å²) in [5.74, 6) is 0. The fourth-order valence-electron chi connectivity index (χ4n) is 1.51. The number of nitrogens with one attached hydrogen (secondary N) is 1. The molecular weight excluding hydrogens is 190 g/mol.